The fraction of sp³-hybridized carbons (Fsp3) is 0.500. The van der Waals surface area contributed by atoms with Crippen molar-refractivity contribution in [3.05, 3.63) is 52.4 Å². The van der Waals surface area contributed by atoms with Crippen LogP contribution in [0.3, 0.4) is 0 Å². The third-order valence-corrected chi connectivity index (χ3v) is 5.64. The van der Waals surface area contributed by atoms with Gasteiger partial charge in [0, 0.05) is 51.5 Å². The zero-order valence-corrected chi connectivity index (χ0v) is 17.6. The van der Waals surface area contributed by atoms with E-state index in [2.05, 4.69) is 58.3 Å². The van der Waals surface area contributed by atoms with Crippen molar-refractivity contribution >= 4 is 17.3 Å². The van der Waals surface area contributed by atoms with Gasteiger partial charge in [0.25, 0.3) is 5.56 Å². The Morgan fingerprint density at radius 1 is 1.24 bits per heavy atom. The molecule has 7 heteroatoms. The maximum Gasteiger partial charge on any atom is 0.268 e. The van der Waals surface area contributed by atoms with Crippen molar-refractivity contribution in [1.29, 1.82) is 0 Å². The predicted octanol–water partition coefficient (Wildman–Crippen LogP) is 2.16. The Morgan fingerprint density at radius 3 is 2.62 bits per heavy atom. The summed E-state index contributed by atoms with van der Waals surface area (Å²) in [4.78, 5) is 28.9. The van der Waals surface area contributed by atoms with Crippen LogP contribution in [-0.4, -0.2) is 41.9 Å². The predicted molar refractivity (Wildman–Crippen MR) is 116 cm³/mol. The van der Waals surface area contributed by atoms with Gasteiger partial charge in [-0.3, -0.25) is 9.59 Å². The van der Waals surface area contributed by atoms with Crippen molar-refractivity contribution in [2.75, 3.05) is 36.0 Å². The summed E-state index contributed by atoms with van der Waals surface area (Å²) in [5.74, 6) is -0.0120. The molecule has 156 valence electrons. The molecule has 0 saturated carbocycles. The second kappa shape index (κ2) is 9.58. The Kier molecular flexibility index (Phi) is 6.90. The van der Waals surface area contributed by atoms with E-state index in [4.69, 9.17) is 0 Å². The largest absolute Gasteiger partial charge is 0.372 e. The van der Waals surface area contributed by atoms with Gasteiger partial charge in [0.1, 0.15) is 0 Å². The number of carbonyl (C=O) groups excluding carboxylic acids is 1. The number of benzene rings is 1. The first-order valence-corrected chi connectivity index (χ1v) is 10.4. The van der Waals surface area contributed by atoms with Gasteiger partial charge >= 0.3 is 0 Å². The van der Waals surface area contributed by atoms with E-state index in [9.17, 15) is 9.59 Å². The zero-order valence-electron chi connectivity index (χ0n) is 17.6. The van der Waals surface area contributed by atoms with E-state index in [-0.39, 0.29) is 17.4 Å². The number of aryl methyl sites for hydroxylation is 1. The van der Waals surface area contributed by atoms with Crippen LogP contribution in [0.5, 0.6) is 0 Å². The molecular formula is C22H31N5O2. The van der Waals surface area contributed by atoms with Crippen molar-refractivity contribution in [3.8, 4) is 0 Å². The Balaban J connectivity index is 1.56. The lowest BCUT2D eigenvalue weighted by molar-refractivity contribution is -0.125. The smallest absolute Gasteiger partial charge is 0.268 e. The van der Waals surface area contributed by atoms with Crippen molar-refractivity contribution in [3.63, 3.8) is 0 Å². The normalized spacial score (nSPS) is 16.5. The molecule has 2 aromatic rings. The number of carbonyl (C=O) groups is 1. The molecule has 0 unspecified atom stereocenters. The third-order valence-electron chi connectivity index (χ3n) is 5.64. The lowest BCUT2D eigenvalue weighted by Gasteiger charge is -2.33. The maximum atomic E-state index is 12.7. The summed E-state index contributed by atoms with van der Waals surface area (Å²) >= 11 is 0. The standard InChI is InChI=1S/C22H31N5O2/c1-4-26(5-2)19-10-8-17(9-11-19)14-23-22(29)18-7-6-12-27(16-18)20-13-21(28)25(3)24-15-20/h8-11,13,15,18H,4-7,12,14,16H2,1-3H3,(H,23,29)/t18-/m0/s1. The molecule has 0 radical (unpaired) electrons. The Labute approximate surface area is 172 Å². The topological polar surface area (TPSA) is 70.5 Å². The van der Waals surface area contributed by atoms with E-state index in [0.717, 1.165) is 43.7 Å². The van der Waals surface area contributed by atoms with Gasteiger partial charge in [0.2, 0.25) is 5.91 Å². The number of rotatable bonds is 7. The first-order valence-electron chi connectivity index (χ1n) is 10.4. The fourth-order valence-corrected chi connectivity index (χ4v) is 3.81. The van der Waals surface area contributed by atoms with Crippen LogP contribution in [0.4, 0.5) is 11.4 Å². The molecule has 1 atom stereocenters. The van der Waals surface area contributed by atoms with E-state index < -0.39 is 0 Å². The molecule has 2 heterocycles. The second-order valence-electron chi connectivity index (χ2n) is 7.52. The number of nitrogens with zero attached hydrogens (tertiary/aromatic N) is 4. The van der Waals surface area contributed by atoms with Gasteiger partial charge in [-0.15, -0.1) is 0 Å². The van der Waals surface area contributed by atoms with Crippen LogP contribution in [0.1, 0.15) is 32.3 Å². The molecule has 1 aromatic heterocycles. The molecule has 1 aromatic carbocycles. The van der Waals surface area contributed by atoms with Crippen molar-refractivity contribution in [2.24, 2.45) is 13.0 Å². The molecule has 0 aliphatic carbocycles. The number of aromatic nitrogens is 2. The lowest BCUT2D eigenvalue weighted by atomic mass is 9.96. The van der Waals surface area contributed by atoms with Crippen molar-refractivity contribution in [1.82, 2.24) is 15.1 Å². The first-order chi connectivity index (χ1) is 14.0. The average Bonchev–Trinajstić information content (AvgIpc) is 2.76. The van der Waals surface area contributed by atoms with E-state index in [1.54, 1.807) is 19.3 Å². The van der Waals surface area contributed by atoms with E-state index in [1.165, 1.54) is 10.4 Å². The highest BCUT2D eigenvalue weighted by molar-refractivity contribution is 5.79. The van der Waals surface area contributed by atoms with Crippen LogP contribution >= 0.6 is 0 Å². The number of piperidine rings is 1. The van der Waals surface area contributed by atoms with Crippen LogP contribution in [-0.2, 0) is 18.4 Å². The molecule has 7 nitrogen and oxygen atoms in total. The van der Waals surface area contributed by atoms with E-state index >= 15 is 0 Å². The highest BCUT2D eigenvalue weighted by Crippen LogP contribution is 2.22. The van der Waals surface area contributed by atoms with Crippen LogP contribution in [0.15, 0.2) is 41.3 Å². The number of amides is 1. The van der Waals surface area contributed by atoms with Crippen molar-refractivity contribution < 1.29 is 4.79 Å². The van der Waals surface area contributed by atoms with Gasteiger partial charge < -0.3 is 15.1 Å². The minimum Gasteiger partial charge on any atom is -0.372 e. The Bertz CT molecular complexity index is 874. The Morgan fingerprint density at radius 2 is 1.97 bits per heavy atom. The highest BCUT2D eigenvalue weighted by Gasteiger charge is 2.26. The maximum absolute atomic E-state index is 12.7. The summed E-state index contributed by atoms with van der Waals surface area (Å²) in [6, 6.07) is 9.96. The molecular weight excluding hydrogens is 366 g/mol. The van der Waals surface area contributed by atoms with Crippen LogP contribution in [0, 0.1) is 5.92 Å². The van der Waals surface area contributed by atoms with Gasteiger partial charge in [-0.2, -0.15) is 5.10 Å². The molecule has 1 N–H and O–H groups in total. The van der Waals surface area contributed by atoms with Gasteiger partial charge in [-0.05, 0) is 44.4 Å². The van der Waals surface area contributed by atoms with Crippen molar-refractivity contribution in [2.45, 2.75) is 33.2 Å². The quantitative estimate of drug-likeness (QED) is 0.775. The molecule has 1 aliphatic heterocycles. The van der Waals surface area contributed by atoms with Crippen LogP contribution < -0.4 is 20.7 Å². The van der Waals surface area contributed by atoms with Gasteiger partial charge in [0.15, 0.2) is 0 Å². The summed E-state index contributed by atoms with van der Waals surface area (Å²) in [5.41, 5.74) is 2.95. The second-order valence-corrected chi connectivity index (χ2v) is 7.52. The first kappa shape index (κ1) is 20.9. The number of anilines is 2. The zero-order chi connectivity index (χ0) is 20.8. The lowest BCUT2D eigenvalue weighted by Crippen LogP contribution is -2.43. The molecule has 1 fully saturated rings. The van der Waals surface area contributed by atoms with Crippen LogP contribution in [0.25, 0.3) is 0 Å². The SMILES string of the molecule is CCN(CC)c1ccc(CNC(=O)[C@H]2CCCN(c3cnn(C)c(=O)c3)C2)cc1. The summed E-state index contributed by atoms with van der Waals surface area (Å²) in [6.07, 6.45) is 3.48. The average molecular weight is 398 g/mol. The Hall–Kier alpha value is -2.83. The molecule has 1 amide bonds. The molecule has 1 saturated heterocycles. The summed E-state index contributed by atoms with van der Waals surface area (Å²) in [5, 5.41) is 7.17. The van der Waals surface area contributed by atoms with E-state index in [0.29, 0.717) is 13.1 Å². The molecule has 29 heavy (non-hydrogen) atoms. The number of hydrogen-bond acceptors (Lipinski definition) is 5. The molecule has 3 rings (SSSR count). The van der Waals surface area contributed by atoms with Gasteiger partial charge in [-0.25, -0.2) is 4.68 Å². The highest BCUT2D eigenvalue weighted by atomic mass is 16.2. The minimum atomic E-state index is -0.137. The van der Waals surface area contributed by atoms with Gasteiger partial charge in [-0.1, -0.05) is 12.1 Å². The van der Waals surface area contributed by atoms with E-state index in [1.807, 2.05) is 0 Å². The van der Waals surface area contributed by atoms with Crippen LogP contribution in [0.2, 0.25) is 0 Å². The number of nitrogens with one attached hydrogen (secondary N) is 1. The summed E-state index contributed by atoms with van der Waals surface area (Å²) in [6.45, 7) is 8.23. The summed E-state index contributed by atoms with van der Waals surface area (Å²) < 4.78 is 1.31. The molecule has 0 spiro atoms. The minimum absolute atomic E-state index is 0.0688. The monoisotopic (exact) mass is 397 g/mol. The number of hydrogen-bond donors (Lipinski definition) is 1. The summed E-state index contributed by atoms with van der Waals surface area (Å²) in [7, 11) is 1.63. The third kappa shape index (κ3) is 5.16. The van der Waals surface area contributed by atoms with Gasteiger partial charge in [0.05, 0.1) is 17.8 Å². The molecule has 0 bridgehead atoms. The fourth-order valence-electron chi connectivity index (χ4n) is 3.81. The molecule has 1 aliphatic rings.